The van der Waals surface area contributed by atoms with Gasteiger partial charge < -0.3 is 14.5 Å². The van der Waals surface area contributed by atoms with E-state index in [0.29, 0.717) is 13.1 Å². The number of H-pyrrole nitrogens is 1. The van der Waals surface area contributed by atoms with Crippen molar-refractivity contribution in [2.24, 2.45) is 0 Å². The third kappa shape index (κ3) is 2.88. The standard InChI is InChI=1S/C21H23N3O/c1-15-7-8-16(2)24(15)14-21(25)23-11-9-17(10-12-23)19-13-22-20-6-4-3-5-18(19)20/h3-9,13,22H,10-12,14H2,1-2H3. The van der Waals surface area contributed by atoms with Gasteiger partial charge in [-0.1, -0.05) is 24.3 Å². The zero-order chi connectivity index (χ0) is 17.4. The molecule has 1 aromatic carbocycles. The van der Waals surface area contributed by atoms with E-state index in [0.717, 1.165) is 29.9 Å². The lowest BCUT2D eigenvalue weighted by Gasteiger charge is -2.27. The van der Waals surface area contributed by atoms with E-state index in [4.69, 9.17) is 0 Å². The molecule has 0 saturated heterocycles. The van der Waals surface area contributed by atoms with Crippen LogP contribution in [-0.4, -0.2) is 33.4 Å². The number of amides is 1. The highest BCUT2D eigenvalue weighted by molar-refractivity contribution is 5.93. The predicted octanol–water partition coefficient (Wildman–Crippen LogP) is 3.90. The quantitative estimate of drug-likeness (QED) is 0.776. The van der Waals surface area contributed by atoms with Gasteiger partial charge in [-0.05, 0) is 44.0 Å². The number of para-hydroxylation sites is 1. The van der Waals surface area contributed by atoms with Crippen LogP contribution in [0.5, 0.6) is 0 Å². The van der Waals surface area contributed by atoms with E-state index in [2.05, 4.69) is 52.2 Å². The summed E-state index contributed by atoms with van der Waals surface area (Å²) >= 11 is 0. The third-order valence-corrected chi connectivity index (χ3v) is 5.21. The molecule has 128 valence electrons. The number of benzene rings is 1. The summed E-state index contributed by atoms with van der Waals surface area (Å²) in [5.41, 5.74) is 6.03. The first-order chi connectivity index (χ1) is 12.1. The van der Waals surface area contributed by atoms with Crippen LogP contribution in [-0.2, 0) is 11.3 Å². The van der Waals surface area contributed by atoms with E-state index in [1.54, 1.807) is 0 Å². The Balaban J connectivity index is 1.49. The average molecular weight is 333 g/mol. The van der Waals surface area contributed by atoms with Gasteiger partial charge in [0.1, 0.15) is 6.54 Å². The Morgan fingerprint density at radius 1 is 1.12 bits per heavy atom. The first-order valence-electron chi connectivity index (χ1n) is 8.79. The number of nitrogens with zero attached hydrogens (tertiary/aromatic N) is 2. The molecule has 4 nitrogen and oxygen atoms in total. The van der Waals surface area contributed by atoms with Crippen molar-refractivity contribution in [2.45, 2.75) is 26.8 Å². The zero-order valence-electron chi connectivity index (χ0n) is 14.7. The number of carbonyl (C=O) groups excluding carboxylic acids is 1. The number of rotatable bonds is 3. The van der Waals surface area contributed by atoms with Crippen molar-refractivity contribution in [1.82, 2.24) is 14.5 Å². The molecule has 1 amide bonds. The van der Waals surface area contributed by atoms with Crippen LogP contribution in [0.1, 0.15) is 23.4 Å². The van der Waals surface area contributed by atoms with Crippen molar-refractivity contribution >= 4 is 22.4 Å². The van der Waals surface area contributed by atoms with Crippen LogP contribution in [0.25, 0.3) is 16.5 Å². The SMILES string of the molecule is Cc1ccc(C)n1CC(=O)N1CC=C(c2c[nH]c3ccccc23)CC1. The highest BCUT2D eigenvalue weighted by atomic mass is 16.2. The van der Waals surface area contributed by atoms with Crippen molar-refractivity contribution in [3.63, 3.8) is 0 Å². The second-order valence-corrected chi connectivity index (χ2v) is 6.77. The van der Waals surface area contributed by atoms with Crippen LogP contribution in [0.15, 0.2) is 48.7 Å². The van der Waals surface area contributed by atoms with Crippen molar-refractivity contribution in [2.75, 3.05) is 13.1 Å². The largest absolute Gasteiger partial charge is 0.361 e. The van der Waals surface area contributed by atoms with Gasteiger partial charge in [0.25, 0.3) is 0 Å². The Morgan fingerprint density at radius 2 is 1.88 bits per heavy atom. The molecule has 4 heteroatoms. The minimum absolute atomic E-state index is 0.191. The summed E-state index contributed by atoms with van der Waals surface area (Å²) in [6, 6.07) is 12.5. The summed E-state index contributed by atoms with van der Waals surface area (Å²) in [6.45, 7) is 5.99. The van der Waals surface area contributed by atoms with Crippen LogP contribution < -0.4 is 0 Å². The molecule has 0 spiro atoms. The van der Waals surface area contributed by atoms with Gasteiger partial charge in [-0.25, -0.2) is 0 Å². The Hall–Kier alpha value is -2.75. The maximum atomic E-state index is 12.6. The smallest absolute Gasteiger partial charge is 0.242 e. The molecular weight excluding hydrogens is 310 g/mol. The summed E-state index contributed by atoms with van der Waals surface area (Å²) in [5, 5.41) is 1.26. The molecule has 1 N–H and O–H groups in total. The molecule has 1 aliphatic heterocycles. The van der Waals surface area contributed by atoms with Gasteiger partial charge >= 0.3 is 0 Å². The van der Waals surface area contributed by atoms with E-state index in [1.165, 1.54) is 16.5 Å². The molecule has 0 radical (unpaired) electrons. The number of fused-ring (bicyclic) bond motifs is 1. The maximum absolute atomic E-state index is 12.6. The van der Waals surface area contributed by atoms with Gasteiger partial charge in [0.05, 0.1) is 0 Å². The van der Waals surface area contributed by atoms with E-state index in [-0.39, 0.29) is 5.91 Å². The highest BCUT2D eigenvalue weighted by Gasteiger charge is 2.20. The number of hydrogen-bond donors (Lipinski definition) is 1. The molecule has 0 unspecified atom stereocenters. The number of aromatic amines is 1. The van der Waals surface area contributed by atoms with Gasteiger partial charge in [-0.3, -0.25) is 4.79 Å². The second-order valence-electron chi connectivity index (χ2n) is 6.77. The molecule has 0 saturated carbocycles. The second kappa shape index (κ2) is 6.28. The monoisotopic (exact) mass is 333 g/mol. The fraction of sp³-hybridized carbons (Fsp3) is 0.286. The van der Waals surface area contributed by atoms with Crippen molar-refractivity contribution < 1.29 is 4.79 Å². The fourth-order valence-corrected chi connectivity index (χ4v) is 3.66. The first-order valence-corrected chi connectivity index (χ1v) is 8.79. The maximum Gasteiger partial charge on any atom is 0.242 e. The highest BCUT2D eigenvalue weighted by Crippen LogP contribution is 2.29. The van der Waals surface area contributed by atoms with E-state index in [9.17, 15) is 4.79 Å². The summed E-state index contributed by atoms with van der Waals surface area (Å²) in [7, 11) is 0. The lowest BCUT2D eigenvalue weighted by Crippen LogP contribution is -2.37. The van der Waals surface area contributed by atoms with E-state index in [1.807, 2.05) is 24.8 Å². The van der Waals surface area contributed by atoms with Crippen molar-refractivity contribution in [3.8, 4) is 0 Å². The third-order valence-electron chi connectivity index (χ3n) is 5.21. The van der Waals surface area contributed by atoms with Crippen LogP contribution in [0.2, 0.25) is 0 Å². The molecule has 0 atom stereocenters. The van der Waals surface area contributed by atoms with Crippen LogP contribution in [0.3, 0.4) is 0 Å². The number of hydrogen-bond acceptors (Lipinski definition) is 1. The number of carbonyl (C=O) groups is 1. The van der Waals surface area contributed by atoms with Gasteiger partial charge in [0, 0.05) is 47.1 Å². The van der Waals surface area contributed by atoms with Gasteiger partial charge in [0.2, 0.25) is 5.91 Å². The molecule has 3 aromatic rings. The molecule has 1 aliphatic rings. The topological polar surface area (TPSA) is 41.0 Å². The zero-order valence-corrected chi connectivity index (χ0v) is 14.7. The first kappa shape index (κ1) is 15.8. The minimum Gasteiger partial charge on any atom is -0.361 e. The number of nitrogens with one attached hydrogen (secondary N) is 1. The number of aromatic nitrogens is 2. The van der Waals surface area contributed by atoms with Crippen LogP contribution in [0.4, 0.5) is 0 Å². The summed E-state index contributed by atoms with van der Waals surface area (Å²) in [5.74, 6) is 0.191. The molecule has 0 fully saturated rings. The molecule has 0 aliphatic carbocycles. The van der Waals surface area contributed by atoms with Crippen LogP contribution >= 0.6 is 0 Å². The van der Waals surface area contributed by atoms with Crippen LogP contribution in [0, 0.1) is 13.8 Å². The summed E-state index contributed by atoms with van der Waals surface area (Å²) in [6.07, 6.45) is 5.18. The van der Waals surface area contributed by atoms with Crippen molar-refractivity contribution in [3.05, 3.63) is 65.6 Å². The lowest BCUT2D eigenvalue weighted by molar-refractivity contribution is -0.131. The Bertz CT molecular complexity index is 941. The predicted molar refractivity (Wildman–Crippen MR) is 101 cm³/mol. The Kier molecular flexibility index (Phi) is 3.96. The normalized spacial score (nSPS) is 14.8. The Labute approximate surface area is 147 Å². The molecule has 0 bridgehead atoms. The van der Waals surface area contributed by atoms with Crippen molar-refractivity contribution in [1.29, 1.82) is 0 Å². The average Bonchev–Trinajstić information content (AvgIpc) is 3.20. The van der Waals surface area contributed by atoms with Gasteiger partial charge in [0.15, 0.2) is 0 Å². The summed E-state index contributed by atoms with van der Waals surface area (Å²) in [4.78, 5) is 17.9. The lowest BCUT2D eigenvalue weighted by atomic mass is 9.99. The summed E-state index contributed by atoms with van der Waals surface area (Å²) < 4.78 is 2.08. The van der Waals surface area contributed by atoms with E-state index < -0.39 is 0 Å². The molecule has 25 heavy (non-hydrogen) atoms. The fourth-order valence-electron chi connectivity index (χ4n) is 3.66. The van der Waals surface area contributed by atoms with E-state index >= 15 is 0 Å². The van der Waals surface area contributed by atoms with Gasteiger partial charge in [-0.2, -0.15) is 0 Å². The van der Waals surface area contributed by atoms with Gasteiger partial charge in [-0.15, -0.1) is 0 Å². The molecule has 4 rings (SSSR count). The molecular formula is C21H23N3O. The molecule has 3 heterocycles. The number of aryl methyl sites for hydroxylation is 2. The Morgan fingerprint density at radius 3 is 2.60 bits per heavy atom. The molecule has 2 aromatic heterocycles. The minimum atomic E-state index is 0.191.